The normalized spacial score (nSPS) is 23.1. The standard InChI is InChI=1S/C28H33NO4/c1-28(2,3)20-10-12-21(13-11-20)29-24(18-6-14-22(30)15-7-18)26(32-4)27(33-5)25(29)19-8-16-23(31)17-9-19/h6-17,24-27,30-31H,1-5H3/t24-,25-,26+,27+/m0/s1. The topological polar surface area (TPSA) is 62.2 Å². The number of hydrogen-bond donors (Lipinski definition) is 2. The first-order valence-electron chi connectivity index (χ1n) is 11.3. The molecule has 2 N–H and O–H groups in total. The molecule has 1 aliphatic heterocycles. The smallest absolute Gasteiger partial charge is 0.115 e. The number of rotatable bonds is 5. The van der Waals surface area contributed by atoms with E-state index in [1.54, 1.807) is 38.5 Å². The average Bonchev–Trinajstić information content (AvgIpc) is 3.14. The number of anilines is 1. The van der Waals surface area contributed by atoms with Gasteiger partial charge < -0.3 is 24.6 Å². The van der Waals surface area contributed by atoms with E-state index in [0.29, 0.717) is 0 Å². The van der Waals surface area contributed by atoms with Gasteiger partial charge in [-0.2, -0.15) is 0 Å². The van der Waals surface area contributed by atoms with Crippen molar-refractivity contribution in [3.8, 4) is 11.5 Å². The molecule has 4 rings (SSSR count). The van der Waals surface area contributed by atoms with E-state index in [2.05, 4.69) is 49.9 Å². The average molecular weight is 448 g/mol. The Balaban J connectivity index is 1.89. The molecule has 3 aromatic rings. The molecular weight excluding hydrogens is 414 g/mol. The van der Waals surface area contributed by atoms with Gasteiger partial charge in [0.1, 0.15) is 23.7 Å². The van der Waals surface area contributed by atoms with Gasteiger partial charge in [-0.3, -0.25) is 0 Å². The number of phenolic OH excluding ortho intramolecular Hbond substituents is 2. The van der Waals surface area contributed by atoms with Crippen LogP contribution in [-0.2, 0) is 14.9 Å². The summed E-state index contributed by atoms with van der Waals surface area (Å²) in [5.74, 6) is 0.454. The van der Waals surface area contributed by atoms with Crippen molar-refractivity contribution in [1.29, 1.82) is 0 Å². The van der Waals surface area contributed by atoms with Crippen LogP contribution in [0.3, 0.4) is 0 Å². The molecule has 0 spiro atoms. The fraction of sp³-hybridized carbons (Fsp3) is 0.357. The summed E-state index contributed by atoms with van der Waals surface area (Å²) in [6.07, 6.45) is -0.499. The Bertz CT molecular complexity index is 996. The van der Waals surface area contributed by atoms with E-state index >= 15 is 0 Å². The van der Waals surface area contributed by atoms with Gasteiger partial charge >= 0.3 is 0 Å². The predicted octanol–water partition coefficient (Wildman–Crippen LogP) is 5.73. The minimum atomic E-state index is -0.249. The molecular formula is C28H33NO4. The van der Waals surface area contributed by atoms with E-state index in [1.165, 1.54) is 5.56 Å². The van der Waals surface area contributed by atoms with Crippen LogP contribution in [0.5, 0.6) is 11.5 Å². The third-order valence-corrected chi connectivity index (χ3v) is 6.59. The monoisotopic (exact) mass is 447 g/mol. The van der Waals surface area contributed by atoms with Gasteiger partial charge in [-0.15, -0.1) is 0 Å². The molecule has 5 nitrogen and oxygen atoms in total. The second-order valence-electron chi connectivity index (χ2n) is 9.68. The second-order valence-corrected chi connectivity index (χ2v) is 9.68. The Morgan fingerprint density at radius 3 is 1.36 bits per heavy atom. The molecule has 1 heterocycles. The highest BCUT2D eigenvalue weighted by Crippen LogP contribution is 2.49. The van der Waals surface area contributed by atoms with Gasteiger partial charge in [0.25, 0.3) is 0 Å². The Hall–Kier alpha value is -3.02. The lowest BCUT2D eigenvalue weighted by Gasteiger charge is -2.34. The van der Waals surface area contributed by atoms with Crippen LogP contribution in [0.1, 0.15) is 49.5 Å². The fourth-order valence-electron chi connectivity index (χ4n) is 4.87. The van der Waals surface area contributed by atoms with E-state index < -0.39 is 0 Å². The molecule has 0 amide bonds. The quantitative estimate of drug-likeness (QED) is 0.523. The number of ether oxygens (including phenoxy) is 2. The van der Waals surface area contributed by atoms with Crippen LogP contribution in [0.15, 0.2) is 72.8 Å². The van der Waals surface area contributed by atoms with E-state index in [4.69, 9.17) is 9.47 Å². The first-order valence-corrected chi connectivity index (χ1v) is 11.3. The molecule has 0 saturated carbocycles. The summed E-state index contributed by atoms with van der Waals surface area (Å²) in [6.45, 7) is 6.62. The maximum absolute atomic E-state index is 9.87. The predicted molar refractivity (Wildman–Crippen MR) is 131 cm³/mol. The lowest BCUT2D eigenvalue weighted by molar-refractivity contribution is -0.0288. The molecule has 1 saturated heterocycles. The molecule has 0 bridgehead atoms. The number of methoxy groups -OCH3 is 2. The summed E-state index contributed by atoms with van der Waals surface area (Å²) in [6, 6.07) is 23.0. The molecule has 5 heteroatoms. The van der Waals surface area contributed by atoms with Crippen molar-refractivity contribution in [1.82, 2.24) is 0 Å². The van der Waals surface area contributed by atoms with Crippen LogP contribution in [0.2, 0.25) is 0 Å². The number of phenols is 2. The highest BCUT2D eigenvalue weighted by molar-refractivity contribution is 5.57. The Labute approximate surface area is 196 Å². The fourth-order valence-corrected chi connectivity index (χ4v) is 4.87. The van der Waals surface area contributed by atoms with E-state index in [-0.39, 0.29) is 41.2 Å². The summed E-state index contributed by atoms with van der Waals surface area (Å²) >= 11 is 0. The highest BCUT2D eigenvalue weighted by Gasteiger charge is 2.51. The minimum Gasteiger partial charge on any atom is -0.508 e. The number of nitrogens with zero attached hydrogens (tertiary/aromatic N) is 1. The van der Waals surface area contributed by atoms with Crippen molar-refractivity contribution >= 4 is 5.69 Å². The Morgan fingerprint density at radius 1 is 0.636 bits per heavy atom. The Kier molecular flexibility index (Phi) is 6.37. The number of hydrogen-bond acceptors (Lipinski definition) is 5. The lowest BCUT2D eigenvalue weighted by Crippen LogP contribution is -2.31. The zero-order chi connectivity index (χ0) is 23.8. The van der Waals surface area contributed by atoms with Crippen LogP contribution in [0.4, 0.5) is 5.69 Å². The summed E-state index contributed by atoms with van der Waals surface area (Å²) < 4.78 is 12.1. The van der Waals surface area contributed by atoms with Gasteiger partial charge in [-0.05, 0) is 58.5 Å². The number of benzene rings is 3. The molecule has 33 heavy (non-hydrogen) atoms. The molecule has 1 fully saturated rings. The summed E-state index contributed by atoms with van der Waals surface area (Å²) in [5, 5.41) is 19.7. The summed E-state index contributed by atoms with van der Waals surface area (Å²) in [5.41, 5.74) is 4.44. The molecule has 0 radical (unpaired) electrons. The van der Waals surface area contributed by atoms with Crippen LogP contribution in [0.25, 0.3) is 0 Å². The molecule has 0 aliphatic carbocycles. The third-order valence-electron chi connectivity index (χ3n) is 6.59. The zero-order valence-corrected chi connectivity index (χ0v) is 19.9. The zero-order valence-electron chi connectivity index (χ0n) is 19.9. The molecule has 4 atom stereocenters. The number of aromatic hydroxyl groups is 2. The van der Waals surface area contributed by atoms with Gasteiger partial charge in [0.15, 0.2) is 0 Å². The maximum Gasteiger partial charge on any atom is 0.115 e. The lowest BCUT2D eigenvalue weighted by atomic mass is 9.87. The molecule has 3 aromatic carbocycles. The molecule has 174 valence electrons. The molecule has 1 aliphatic rings. The molecule has 0 unspecified atom stereocenters. The van der Waals surface area contributed by atoms with Crippen molar-refractivity contribution in [3.05, 3.63) is 89.5 Å². The van der Waals surface area contributed by atoms with Crippen molar-refractivity contribution in [3.63, 3.8) is 0 Å². The second kappa shape index (κ2) is 9.08. The molecule has 0 aromatic heterocycles. The first-order chi connectivity index (χ1) is 15.7. The summed E-state index contributed by atoms with van der Waals surface area (Å²) in [4.78, 5) is 2.34. The first kappa shape index (κ1) is 23.1. The van der Waals surface area contributed by atoms with Gasteiger partial charge in [0.2, 0.25) is 0 Å². The highest BCUT2D eigenvalue weighted by atomic mass is 16.5. The van der Waals surface area contributed by atoms with E-state index in [1.807, 2.05) is 24.3 Å². The van der Waals surface area contributed by atoms with E-state index in [0.717, 1.165) is 16.8 Å². The van der Waals surface area contributed by atoms with Gasteiger partial charge in [0.05, 0.1) is 12.1 Å². The van der Waals surface area contributed by atoms with Crippen molar-refractivity contribution < 1.29 is 19.7 Å². The van der Waals surface area contributed by atoms with E-state index in [9.17, 15) is 10.2 Å². The van der Waals surface area contributed by atoms with Crippen molar-refractivity contribution in [2.24, 2.45) is 0 Å². The van der Waals surface area contributed by atoms with Crippen molar-refractivity contribution in [2.45, 2.75) is 50.5 Å². The van der Waals surface area contributed by atoms with Crippen LogP contribution in [-0.4, -0.2) is 36.6 Å². The van der Waals surface area contributed by atoms with Crippen molar-refractivity contribution in [2.75, 3.05) is 19.1 Å². The van der Waals surface area contributed by atoms with Gasteiger partial charge in [-0.1, -0.05) is 57.2 Å². The van der Waals surface area contributed by atoms with Gasteiger partial charge in [-0.25, -0.2) is 0 Å². The summed E-state index contributed by atoms with van der Waals surface area (Å²) in [7, 11) is 3.42. The maximum atomic E-state index is 9.87. The van der Waals surface area contributed by atoms with Crippen LogP contribution < -0.4 is 4.90 Å². The van der Waals surface area contributed by atoms with Gasteiger partial charge in [0, 0.05) is 19.9 Å². The minimum absolute atomic E-state index is 0.0559. The SMILES string of the molecule is CO[C@H]1[C@H](OC)[C@H](c2ccc(O)cc2)N(c2ccc(C(C)(C)C)cc2)[C@H]1c1ccc(O)cc1. The van der Waals surface area contributed by atoms with Crippen LogP contribution >= 0.6 is 0 Å². The van der Waals surface area contributed by atoms with Crippen LogP contribution in [0, 0.1) is 0 Å². The Morgan fingerprint density at radius 2 is 1.03 bits per heavy atom. The third kappa shape index (κ3) is 4.43. The largest absolute Gasteiger partial charge is 0.508 e.